The molecule has 3 heteroatoms. The van der Waals surface area contributed by atoms with E-state index in [-0.39, 0.29) is 12.1 Å². The Kier molecular flexibility index (Phi) is 6.29. The largest absolute Gasteiger partial charge is 0.394 e. The quantitative estimate of drug-likeness (QED) is 0.631. The maximum Gasteiger partial charge on any atom is 0.0611 e. The lowest BCUT2D eigenvalue weighted by molar-refractivity contribution is 0.0403. The first-order valence-electron chi connectivity index (χ1n) is 4.99. The van der Waals surface area contributed by atoms with Gasteiger partial charge >= 0.3 is 0 Å². The van der Waals surface area contributed by atoms with Gasteiger partial charge in [-0.3, -0.25) is 0 Å². The number of rotatable bonds is 7. The summed E-state index contributed by atoms with van der Waals surface area (Å²) >= 11 is 0. The van der Waals surface area contributed by atoms with Crippen molar-refractivity contribution < 1.29 is 9.84 Å². The minimum atomic E-state index is -0.201. The van der Waals surface area contributed by atoms with E-state index < -0.39 is 0 Å². The molecule has 0 radical (unpaired) electrons. The third-order valence-corrected chi connectivity index (χ3v) is 2.58. The van der Waals surface area contributed by atoms with Gasteiger partial charge in [-0.15, -0.1) is 0 Å². The number of likely N-dealkylation sites (N-methyl/N-ethyl adjacent to an activating group) is 1. The van der Waals surface area contributed by atoms with E-state index in [9.17, 15) is 0 Å². The van der Waals surface area contributed by atoms with Gasteiger partial charge in [-0.25, -0.2) is 0 Å². The fourth-order valence-corrected chi connectivity index (χ4v) is 0.886. The highest BCUT2D eigenvalue weighted by Crippen LogP contribution is 2.09. The molecule has 13 heavy (non-hydrogen) atoms. The smallest absolute Gasteiger partial charge is 0.0611 e. The average molecular weight is 189 g/mol. The molecule has 0 spiro atoms. The van der Waals surface area contributed by atoms with Gasteiger partial charge in [-0.2, -0.15) is 0 Å². The Morgan fingerprint density at radius 1 is 1.54 bits per heavy atom. The van der Waals surface area contributed by atoms with Crippen molar-refractivity contribution in [1.29, 1.82) is 0 Å². The van der Waals surface area contributed by atoms with Crippen molar-refractivity contribution in [2.24, 2.45) is 0 Å². The first kappa shape index (κ1) is 12.9. The fraction of sp³-hybridized carbons (Fsp3) is 1.00. The van der Waals surface area contributed by atoms with Crippen LogP contribution in [0, 0.1) is 0 Å². The Bertz CT molecular complexity index is 124. The molecule has 3 nitrogen and oxygen atoms in total. The molecule has 0 saturated carbocycles. The van der Waals surface area contributed by atoms with Crippen molar-refractivity contribution in [3.63, 3.8) is 0 Å². The molecular weight excluding hydrogens is 166 g/mol. The van der Waals surface area contributed by atoms with Crippen LogP contribution in [-0.4, -0.2) is 37.0 Å². The summed E-state index contributed by atoms with van der Waals surface area (Å²) in [6.07, 6.45) is 2.19. The van der Waals surface area contributed by atoms with Crippen molar-refractivity contribution >= 4 is 0 Å². The molecule has 0 rings (SSSR count). The van der Waals surface area contributed by atoms with Crippen LogP contribution in [-0.2, 0) is 4.74 Å². The highest BCUT2D eigenvalue weighted by atomic mass is 16.5. The molecule has 0 aliphatic heterocycles. The van der Waals surface area contributed by atoms with E-state index in [4.69, 9.17) is 9.84 Å². The van der Waals surface area contributed by atoms with Gasteiger partial charge in [0.05, 0.1) is 12.7 Å². The van der Waals surface area contributed by atoms with Crippen LogP contribution >= 0.6 is 0 Å². The van der Waals surface area contributed by atoms with Gasteiger partial charge in [0.1, 0.15) is 0 Å². The Morgan fingerprint density at radius 2 is 2.15 bits per heavy atom. The van der Waals surface area contributed by atoms with Crippen LogP contribution in [0.25, 0.3) is 0 Å². The number of hydrogen-bond acceptors (Lipinski definition) is 3. The summed E-state index contributed by atoms with van der Waals surface area (Å²) in [6.45, 7) is 7.01. The second kappa shape index (κ2) is 6.35. The molecule has 2 N–H and O–H groups in total. The Hall–Kier alpha value is -0.120. The van der Waals surface area contributed by atoms with E-state index >= 15 is 0 Å². The monoisotopic (exact) mass is 189 g/mol. The van der Waals surface area contributed by atoms with Crippen molar-refractivity contribution in [3.05, 3.63) is 0 Å². The minimum Gasteiger partial charge on any atom is -0.394 e. The number of nitrogens with one attached hydrogen (secondary N) is 1. The molecule has 0 aromatic rings. The van der Waals surface area contributed by atoms with Crippen LogP contribution in [0.4, 0.5) is 0 Å². The number of aliphatic hydroxyl groups excluding tert-OH is 1. The fourth-order valence-electron chi connectivity index (χ4n) is 0.886. The van der Waals surface area contributed by atoms with Gasteiger partial charge in [0.25, 0.3) is 0 Å². The van der Waals surface area contributed by atoms with Gasteiger partial charge in [0.2, 0.25) is 0 Å². The van der Waals surface area contributed by atoms with E-state index in [0.29, 0.717) is 12.7 Å². The van der Waals surface area contributed by atoms with Crippen LogP contribution in [0.5, 0.6) is 0 Å². The maximum atomic E-state index is 9.09. The summed E-state index contributed by atoms with van der Waals surface area (Å²) in [7, 11) is 1.86. The van der Waals surface area contributed by atoms with E-state index in [0.717, 1.165) is 12.8 Å². The third kappa shape index (κ3) is 5.24. The highest BCUT2D eigenvalue weighted by molar-refractivity contribution is 4.79. The summed E-state index contributed by atoms with van der Waals surface area (Å²) in [6, 6.07) is 0. The average Bonchev–Trinajstić information content (AvgIpc) is 2.17. The second-order valence-corrected chi connectivity index (χ2v) is 3.81. The van der Waals surface area contributed by atoms with Crippen LogP contribution in [0.15, 0.2) is 0 Å². The predicted octanol–water partition coefficient (Wildman–Crippen LogP) is 1.16. The topological polar surface area (TPSA) is 41.5 Å². The first-order valence-corrected chi connectivity index (χ1v) is 4.99. The number of ether oxygens (including phenoxy) is 1. The summed E-state index contributed by atoms with van der Waals surface area (Å²) in [5, 5.41) is 12.2. The SMILES string of the molecule is CCC(C)OCCC(C)(CO)NC. The summed E-state index contributed by atoms with van der Waals surface area (Å²) < 4.78 is 5.54. The molecule has 0 amide bonds. The Balaban J connectivity index is 3.61. The zero-order chi connectivity index (χ0) is 10.3. The van der Waals surface area contributed by atoms with E-state index in [1.54, 1.807) is 0 Å². The molecule has 0 saturated heterocycles. The zero-order valence-corrected chi connectivity index (χ0v) is 9.26. The zero-order valence-electron chi connectivity index (χ0n) is 9.26. The lowest BCUT2D eigenvalue weighted by Crippen LogP contribution is -2.44. The van der Waals surface area contributed by atoms with Gasteiger partial charge in [-0.05, 0) is 33.7 Å². The Morgan fingerprint density at radius 3 is 2.54 bits per heavy atom. The molecule has 0 aliphatic rings. The highest BCUT2D eigenvalue weighted by Gasteiger charge is 2.20. The molecular formula is C10H23NO2. The van der Waals surface area contributed by atoms with Crippen LogP contribution in [0.2, 0.25) is 0 Å². The molecule has 0 aromatic heterocycles. The molecule has 0 fully saturated rings. The minimum absolute atomic E-state index is 0.146. The van der Waals surface area contributed by atoms with Crippen LogP contribution in [0.3, 0.4) is 0 Å². The molecule has 0 heterocycles. The van der Waals surface area contributed by atoms with Gasteiger partial charge in [0.15, 0.2) is 0 Å². The summed E-state index contributed by atoms with van der Waals surface area (Å²) in [4.78, 5) is 0. The third-order valence-electron chi connectivity index (χ3n) is 2.58. The molecule has 2 unspecified atom stereocenters. The number of aliphatic hydroxyl groups is 1. The van der Waals surface area contributed by atoms with E-state index in [1.165, 1.54) is 0 Å². The van der Waals surface area contributed by atoms with Crippen LogP contribution in [0.1, 0.15) is 33.6 Å². The first-order chi connectivity index (χ1) is 6.08. The van der Waals surface area contributed by atoms with Crippen molar-refractivity contribution in [1.82, 2.24) is 5.32 Å². The normalized spacial score (nSPS) is 18.2. The number of hydrogen-bond donors (Lipinski definition) is 2. The van der Waals surface area contributed by atoms with Gasteiger partial charge in [0, 0.05) is 12.1 Å². The molecule has 0 aromatic carbocycles. The predicted molar refractivity (Wildman–Crippen MR) is 54.9 cm³/mol. The summed E-state index contributed by atoms with van der Waals surface area (Å²) in [5.41, 5.74) is -0.201. The van der Waals surface area contributed by atoms with Gasteiger partial charge < -0.3 is 15.2 Å². The molecule has 0 bridgehead atoms. The standard InChI is InChI=1S/C10H23NO2/c1-5-9(2)13-7-6-10(3,8-12)11-4/h9,11-12H,5-8H2,1-4H3. The molecule has 2 atom stereocenters. The van der Waals surface area contributed by atoms with E-state index in [1.807, 2.05) is 14.0 Å². The molecule has 80 valence electrons. The van der Waals surface area contributed by atoms with Crippen molar-refractivity contribution in [2.75, 3.05) is 20.3 Å². The van der Waals surface area contributed by atoms with Crippen molar-refractivity contribution in [2.45, 2.75) is 45.3 Å². The molecule has 0 aliphatic carbocycles. The Labute approximate surface area is 81.5 Å². The maximum absolute atomic E-state index is 9.09. The van der Waals surface area contributed by atoms with Gasteiger partial charge in [-0.1, -0.05) is 6.92 Å². The lowest BCUT2D eigenvalue weighted by atomic mass is 10.0. The van der Waals surface area contributed by atoms with Crippen LogP contribution < -0.4 is 5.32 Å². The van der Waals surface area contributed by atoms with E-state index in [2.05, 4.69) is 19.2 Å². The summed E-state index contributed by atoms with van der Waals surface area (Å²) in [5.74, 6) is 0. The second-order valence-electron chi connectivity index (χ2n) is 3.81. The van der Waals surface area contributed by atoms with Crippen molar-refractivity contribution in [3.8, 4) is 0 Å². The lowest BCUT2D eigenvalue weighted by Gasteiger charge is -2.27.